The van der Waals surface area contributed by atoms with Gasteiger partial charge in [-0.3, -0.25) is 14.2 Å². The van der Waals surface area contributed by atoms with Gasteiger partial charge in [0.25, 0.3) is 0 Å². The lowest BCUT2D eigenvalue weighted by Gasteiger charge is -2.10. The number of benzene rings is 2. The van der Waals surface area contributed by atoms with Crippen molar-refractivity contribution >= 4 is 35.0 Å². The zero-order valence-corrected chi connectivity index (χ0v) is 18.3. The van der Waals surface area contributed by atoms with Gasteiger partial charge in [0.2, 0.25) is 11.8 Å². The Morgan fingerprint density at radius 1 is 1.00 bits per heavy atom. The standard InChI is InChI=1S/C23H21N5O3S/c1-15-20(11-12-31-15)22-26-27-23(28(22)19-9-4-3-5-10-19)32-14-21(30)25-18-8-6-7-17(13-18)24-16(2)29/h3-13H,14H2,1-2H3,(H,24,29)(H,25,30). The molecular formula is C23H21N5O3S. The lowest BCUT2D eigenvalue weighted by Crippen LogP contribution is -2.15. The highest BCUT2D eigenvalue weighted by Crippen LogP contribution is 2.30. The number of nitrogens with one attached hydrogen (secondary N) is 2. The number of hydrogen-bond acceptors (Lipinski definition) is 6. The molecule has 0 fully saturated rings. The van der Waals surface area contributed by atoms with Crippen molar-refractivity contribution in [1.82, 2.24) is 14.8 Å². The van der Waals surface area contributed by atoms with Crippen LogP contribution in [0.2, 0.25) is 0 Å². The number of hydrogen-bond donors (Lipinski definition) is 2. The zero-order valence-electron chi connectivity index (χ0n) is 17.5. The van der Waals surface area contributed by atoms with Crippen molar-refractivity contribution < 1.29 is 14.0 Å². The zero-order chi connectivity index (χ0) is 22.5. The maximum atomic E-state index is 12.6. The van der Waals surface area contributed by atoms with E-state index in [-0.39, 0.29) is 17.6 Å². The van der Waals surface area contributed by atoms with Gasteiger partial charge in [0.15, 0.2) is 11.0 Å². The molecule has 2 N–H and O–H groups in total. The van der Waals surface area contributed by atoms with E-state index in [0.717, 1.165) is 17.0 Å². The fourth-order valence-corrected chi connectivity index (χ4v) is 3.92. The van der Waals surface area contributed by atoms with Crippen LogP contribution >= 0.6 is 11.8 Å². The number of aryl methyl sites for hydroxylation is 1. The van der Waals surface area contributed by atoms with E-state index in [1.165, 1.54) is 18.7 Å². The molecule has 0 aliphatic heterocycles. The first-order valence-electron chi connectivity index (χ1n) is 9.87. The Hall–Kier alpha value is -3.85. The van der Waals surface area contributed by atoms with Crippen LogP contribution in [0.1, 0.15) is 12.7 Å². The van der Waals surface area contributed by atoms with Gasteiger partial charge >= 0.3 is 0 Å². The molecule has 0 spiro atoms. The molecule has 162 valence electrons. The van der Waals surface area contributed by atoms with Crippen molar-refractivity contribution in [3.63, 3.8) is 0 Å². The number of thioether (sulfide) groups is 1. The molecule has 0 aliphatic rings. The topological polar surface area (TPSA) is 102 Å². The van der Waals surface area contributed by atoms with E-state index in [1.54, 1.807) is 30.5 Å². The minimum Gasteiger partial charge on any atom is -0.469 e. The molecular weight excluding hydrogens is 426 g/mol. The molecule has 2 heterocycles. The molecule has 2 aromatic heterocycles. The Kier molecular flexibility index (Phi) is 6.37. The summed E-state index contributed by atoms with van der Waals surface area (Å²) in [6.07, 6.45) is 1.62. The lowest BCUT2D eigenvalue weighted by atomic mass is 10.2. The lowest BCUT2D eigenvalue weighted by molar-refractivity contribution is -0.114. The summed E-state index contributed by atoms with van der Waals surface area (Å²) < 4.78 is 7.35. The van der Waals surface area contributed by atoms with E-state index in [4.69, 9.17) is 4.42 Å². The third kappa shape index (κ3) is 4.89. The molecule has 0 bridgehead atoms. The van der Waals surface area contributed by atoms with E-state index in [1.807, 2.05) is 47.9 Å². The molecule has 0 radical (unpaired) electrons. The van der Waals surface area contributed by atoms with Crippen LogP contribution in [0.15, 0.2) is 76.5 Å². The molecule has 0 saturated heterocycles. The number of carbonyl (C=O) groups is 2. The number of aromatic nitrogens is 3. The number of amides is 2. The van der Waals surface area contributed by atoms with Gasteiger partial charge in [0, 0.05) is 24.0 Å². The first-order chi connectivity index (χ1) is 15.5. The second kappa shape index (κ2) is 9.52. The largest absolute Gasteiger partial charge is 0.469 e. The number of para-hydroxylation sites is 1. The molecule has 0 atom stereocenters. The van der Waals surface area contributed by atoms with Crippen molar-refractivity contribution in [3.8, 4) is 17.1 Å². The van der Waals surface area contributed by atoms with Crippen LogP contribution in [-0.4, -0.2) is 32.3 Å². The van der Waals surface area contributed by atoms with E-state index in [9.17, 15) is 9.59 Å². The predicted molar refractivity (Wildman–Crippen MR) is 124 cm³/mol. The van der Waals surface area contributed by atoms with Gasteiger partial charge < -0.3 is 15.1 Å². The van der Waals surface area contributed by atoms with Gasteiger partial charge in [0.1, 0.15) is 5.76 Å². The van der Waals surface area contributed by atoms with Crippen LogP contribution in [0.3, 0.4) is 0 Å². The minimum absolute atomic E-state index is 0.139. The van der Waals surface area contributed by atoms with Gasteiger partial charge in [-0.1, -0.05) is 36.0 Å². The van der Waals surface area contributed by atoms with Crippen molar-refractivity contribution in [3.05, 3.63) is 72.7 Å². The third-order valence-corrected chi connectivity index (χ3v) is 5.48. The van der Waals surface area contributed by atoms with Crippen LogP contribution in [-0.2, 0) is 9.59 Å². The van der Waals surface area contributed by atoms with Crippen molar-refractivity contribution in [2.45, 2.75) is 19.0 Å². The number of rotatable bonds is 7. The average molecular weight is 448 g/mol. The molecule has 9 heteroatoms. The van der Waals surface area contributed by atoms with Crippen molar-refractivity contribution in [2.75, 3.05) is 16.4 Å². The molecule has 2 aromatic carbocycles. The second-order valence-corrected chi connectivity index (χ2v) is 7.91. The molecule has 2 amide bonds. The highest BCUT2D eigenvalue weighted by atomic mass is 32.2. The SMILES string of the molecule is CC(=O)Nc1cccc(NC(=O)CSc2nnc(-c3ccoc3C)n2-c2ccccc2)c1. The van der Waals surface area contributed by atoms with E-state index in [2.05, 4.69) is 20.8 Å². The van der Waals surface area contributed by atoms with Gasteiger partial charge in [-0.05, 0) is 43.3 Å². The normalized spacial score (nSPS) is 10.7. The van der Waals surface area contributed by atoms with Gasteiger partial charge in [-0.25, -0.2) is 0 Å². The molecule has 0 aliphatic carbocycles. The Bertz CT molecular complexity index is 1250. The van der Waals surface area contributed by atoms with Crippen LogP contribution in [0.25, 0.3) is 17.1 Å². The summed E-state index contributed by atoms with van der Waals surface area (Å²) in [5, 5.41) is 14.8. The quantitative estimate of drug-likeness (QED) is 0.404. The summed E-state index contributed by atoms with van der Waals surface area (Å²) in [6, 6.07) is 18.6. The fraction of sp³-hybridized carbons (Fsp3) is 0.130. The van der Waals surface area contributed by atoms with E-state index < -0.39 is 0 Å². The van der Waals surface area contributed by atoms with Crippen LogP contribution in [0.4, 0.5) is 11.4 Å². The summed E-state index contributed by atoms with van der Waals surface area (Å²) in [4.78, 5) is 23.8. The number of nitrogens with zero attached hydrogens (tertiary/aromatic N) is 3. The Balaban J connectivity index is 1.52. The summed E-state index contributed by atoms with van der Waals surface area (Å²) >= 11 is 1.29. The molecule has 4 rings (SSSR count). The smallest absolute Gasteiger partial charge is 0.234 e. The number of anilines is 2. The van der Waals surface area contributed by atoms with Crippen molar-refractivity contribution in [1.29, 1.82) is 0 Å². The second-order valence-electron chi connectivity index (χ2n) is 6.97. The van der Waals surface area contributed by atoms with Gasteiger partial charge in [0.05, 0.1) is 17.6 Å². The van der Waals surface area contributed by atoms with Gasteiger partial charge in [-0.2, -0.15) is 0 Å². The molecule has 8 nitrogen and oxygen atoms in total. The Labute approximate surface area is 189 Å². The number of carbonyl (C=O) groups excluding carboxylic acids is 2. The van der Waals surface area contributed by atoms with Gasteiger partial charge in [-0.15, -0.1) is 10.2 Å². The van der Waals surface area contributed by atoms with Crippen LogP contribution in [0, 0.1) is 6.92 Å². The molecule has 0 unspecified atom stereocenters. The summed E-state index contributed by atoms with van der Waals surface area (Å²) in [6.45, 7) is 3.30. The average Bonchev–Trinajstić information content (AvgIpc) is 3.38. The Morgan fingerprint density at radius 2 is 1.75 bits per heavy atom. The highest BCUT2D eigenvalue weighted by Gasteiger charge is 2.19. The first-order valence-corrected chi connectivity index (χ1v) is 10.9. The Morgan fingerprint density at radius 3 is 2.44 bits per heavy atom. The maximum Gasteiger partial charge on any atom is 0.234 e. The molecule has 4 aromatic rings. The van der Waals surface area contributed by atoms with E-state index in [0.29, 0.717) is 22.4 Å². The summed E-state index contributed by atoms with van der Waals surface area (Å²) in [5.41, 5.74) is 2.94. The fourth-order valence-electron chi connectivity index (χ4n) is 3.17. The predicted octanol–water partition coefficient (Wildman–Crippen LogP) is 4.52. The number of furan rings is 1. The maximum absolute atomic E-state index is 12.6. The summed E-state index contributed by atoms with van der Waals surface area (Å²) in [7, 11) is 0. The molecule has 32 heavy (non-hydrogen) atoms. The van der Waals surface area contributed by atoms with Crippen molar-refractivity contribution in [2.24, 2.45) is 0 Å². The highest BCUT2D eigenvalue weighted by molar-refractivity contribution is 7.99. The third-order valence-electron chi connectivity index (χ3n) is 4.55. The van der Waals surface area contributed by atoms with Crippen LogP contribution < -0.4 is 10.6 Å². The monoisotopic (exact) mass is 447 g/mol. The van der Waals surface area contributed by atoms with Crippen LogP contribution in [0.5, 0.6) is 0 Å². The first kappa shape index (κ1) is 21.4. The van der Waals surface area contributed by atoms with E-state index >= 15 is 0 Å². The molecule has 0 saturated carbocycles. The summed E-state index contributed by atoms with van der Waals surface area (Å²) in [5.74, 6) is 1.16. The minimum atomic E-state index is -0.196.